The molecule has 0 aliphatic heterocycles. The number of carbonyl (C=O) groups excluding carboxylic acids is 1. The zero-order valence-electron chi connectivity index (χ0n) is 7.60. The van der Waals surface area contributed by atoms with Crippen molar-refractivity contribution in [1.29, 1.82) is 0 Å². The Balaban J connectivity index is 3.43. The van der Waals surface area contributed by atoms with Gasteiger partial charge in [-0.15, -0.1) is 6.58 Å². The summed E-state index contributed by atoms with van der Waals surface area (Å²) >= 11 is 0. The van der Waals surface area contributed by atoms with Gasteiger partial charge >= 0.3 is 0 Å². The first kappa shape index (κ1) is 12.1. The summed E-state index contributed by atoms with van der Waals surface area (Å²) in [6.45, 7) is 4.49. The number of carbonyl (C=O) groups is 1. The van der Waals surface area contributed by atoms with Crippen LogP contribution < -0.4 is 0 Å². The van der Waals surface area contributed by atoms with Crippen LogP contribution in [0.25, 0.3) is 0 Å². The second-order valence-corrected chi connectivity index (χ2v) is 2.17. The average molecular weight is 190 g/mol. The van der Waals surface area contributed by atoms with Crippen molar-refractivity contribution in [2.75, 3.05) is 26.9 Å². The SMILES string of the molecule is C=CCOOCC(COC)OC=O. The minimum Gasteiger partial charge on any atom is -0.460 e. The monoisotopic (exact) mass is 190 g/mol. The molecule has 76 valence electrons. The van der Waals surface area contributed by atoms with E-state index < -0.39 is 6.10 Å². The van der Waals surface area contributed by atoms with Gasteiger partial charge in [-0.1, -0.05) is 6.08 Å². The lowest BCUT2D eigenvalue weighted by Crippen LogP contribution is -2.24. The molecule has 0 fully saturated rings. The standard InChI is InChI=1S/C8H14O5/c1-3-4-12-13-6-8(5-10-2)11-7-9/h3,7-8H,1,4-6H2,2H3. The molecule has 0 aromatic rings. The number of hydrogen-bond donors (Lipinski definition) is 0. The Kier molecular flexibility index (Phi) is 8.54. The molecule has 0 bridgehead atoms. The first-order valence-electron chi connectivity index (χ1n) is 3.78. The maximum atomic E-state index is 9.99. The highest BCUT2D eigenvalue weighted by Crippen LogP contribution is 1.93. The normalized spacial score (nSPS) is 12.1. The van der Waals surface area contributed by atoms with E-state index in [9.17, 15) is 4.79 Å². The lowest BCUT2D eigenvalue weighted by molar-refractivity contribution is -0.299. The van der Waals surface area contributed by atoms with Crippen molar-refractivity contribution in [2.45, 2.75) is 6.10 Å². The van der Waals surface area contributed by atoms with Gasteiger partial charge in [-0.3, -0.25) is 4.79 Å². The van der Waals surface area contributed by atoms with Crippen molar-refractivity contribution in [1.82, 2.24) is 0 Å². The predicted molar refractivity (Wildman–Crippen MR) is 44.9 cm³/mol. The Morgan fingerprint density at radius 3 is 2.69 bits per heavy atom. The summed E-state index contributed by atoms with van der Waals surface area (Å²) in [6, 6.07) is 0. The van der Waals surface area contributed by atoms with Crippen molar-refractivity contribution in [3.05, 3.63) is 12.7 Å². The lowest BCUT2D eigenvalue weighted by atomic mass is 10.4. The summed E-state index contributed by atoms with van der Waals surface area (Å²) in [5.74, 6) is 0. The zero-order chi connectivity index (χ0) is 9.94. The molecular weight excluding hydrogens is 176 g/mol. The Bertz CT molecular complexity index is 136. The Morgan fingerprint density at radius 1 is 1.38 bits per heavy atom. The van der Waals surface area contributed by atoms with Gasteiger partial charge in [-0.05, 0) is 0 Å². The Morgan fingerprint density at radius 2 is 2.15 bits per heavy atom. The number of methoxy groups -OCH3 is 1. The summed E-state index contributed by atoms with van der Waals surface area (Å²) < 4.78 is 9.40. The second-order valence-electron chi connectivity index (χ2n) is 2.17. The largest absolute Gasteiger partial charge is 0.460 e. The minimum absolute atomic E-state index is 0.139. The van der Waals surface area contributed by atoms with Gasteiger partial charge in [0, 0.05) is 7.11 Å². The summed E-state index contributed by atoms with van der Waals surface area (Å²) in [5, 5.41) is 0. The van der Waals surface area contributed by atoms with E-state index in [4.69, 9.17) is 9.62 Å². The quantitative estimate of drug-likeness (QED) is 0.172. The number of rotatable bonds is 9. The van der Waals surface area contributed by atoms with Crippen LogP contribution in [0.2, 0.25) is 0 Å². The van der Waals surface area contributed by atoms with Gasteiger partial charge in [0.2, 0.25) is 0 Å². The van der Waals surface area contributed by atoms with Gasteiger partial charge in [0.15, 0.2) is 6.10 Å². The van der Waals surface area contributed by atoms with E-state index in [0.717, 1.165) is 0 Å². The molecule has 0 heterocycles. The first-order chi connectivity index (χ1) is 6.35. The zero-order valence-corrected chi connectivity index (χ0v) is 7.60. The van der Waals surface area contributed by atoms with E-state index >= 15 is 0 Å². The van der Waals surface area contributed by atoms with Crippen molar-refractivity contribution in [3.8, 4) is 0 Å². The molecule has 0 aromatic heterocycles. The molecule has 5 heteroatoms. The molecule has 0 aliphatic rings. The highest BCUT2D eigenvalue weighted by atomic mass is 17.2. The fraction of sp³-hybridized carbons (Fsp3) is 0.625. The molecule has 1 unspecified atom stereocenters. The molecule has 0 amide bonds. The first-order valence-corrected chi connectivity index (χ1v) is 3.78. The maximum absolute atomic E-state index is 9.99. The minimum atomic E-state index is -0.438. The van der Waals surface area contributed by atoms with Gasteiger partial charge < -0.3 is 9.47 Å². The summed E-state index contributed by atoms with van der Waals surface area (Å²) in [7, 11) is 1.51. The molecule has 13 heavy (non-hydrogen) atoms. The fourth-order valence-corrected chi connectivity index (χ4v) is 0.611. The van der Waals surface area contributed by atoms with Crippen molar-refractivity contribution in [2.24, 2.45) is 0 Å². The van der Waals surface area contributed by atoms with Crippen LogP contribution in [0.3, 0.4) is 0 Å². The van der Waals surface area contributed by atoms with Crippen LogP contribution >= 0.6 is 0 Å². The van der Waals surface area contributed by atoms with Crippen molar-refractivity contribution >= 4 is 6.47 Å². The van der Waals surface area contributed by atoms with Crippen LogP contribution in [0, 0.1) is 0 Å². The Labute approximate surface area is 77.1 Å². The van der Waals surface area contributed by atoms with Crippen molar-refractivity contribution in [3.63, 3.8) is 0 Å². The van der Waals surface area contributed by atoms with Crippen LogP contribution in [-0.2, 0) is 24.0 Å². The molecule has 1 atom stereocenters. The lowest BCUT2D eigenvalue weighted by Gasteiger charge is -2.12. The molecular formula is C8H14O5. The summed E-state index contributed by atoms with van der Waals surface area (Å²) in [5.41, 5.74) is 0. The molecule has 0 radical (unpaired) electrons. The number of ether oxygens (including phenoxy) is 2. The van der Waals surface area contributed by atoms with Gasteiger partial charge in [0.1, 0.15) is 13.2 Å². The molecule has 0 saturated heterocycles. The third-order valence-electron chi connectivity index (χ3n) is 1.12. The van der Waals surface area contributed by atoms with Gasteiger partial charge in [-0.25, -0.2) is 9.78 Å². The summed E-state index contributed by atoms with van der Waals surface area (Å²) in [4.78, 5) is 19.3. The highest BCUT2D eigenvalue weighted by Gasteiger charge is 2.09. The van der Waals surface area contributed by atoms with E-state index in [1.54, 1.807) is 6.08 Å². The van der Waals surface area contributed by atoms with Gasteiger partial charge in [-0.2, -0.15) is 0 Å². The van der Waals surface area contributed by atoms with Crippen LogP contribution in [0.1, 0.15) is 0 Å². The van der Waals surface area contributed by atoms with E-state index in [-0.39, 0.29) is 13.2 Å². The second kappa shape index (κ2) is 9.18. The molecule has 5 nitrogen and oxygen atoms in total. The van der Waals surface area contributed by atoms with Crippen LogP contribution in [0.4, 0.5) is 0 Å². The predicted octanol–water partition coefficient (Wildman–Crippen LogP) is 0.309. The average Bonchev–Trinajstić information content (AvgIpc) is 2.13. The molecule has 0 N–H and O–H groups in total. The van der Waals surface area contributed by atoms with Gasteiger partial charge in [0.25, 0.3) is 6.47 Å². The third-order valence-corrected chi connectivity index (χ3v) is 1.12. The Hall–Kier alpha value is -0.910. The van der Waals surface area contributed by atoms with E-state index in [0.29, 0.717) is 13.1 Å². The molecule has 0 aliphatic carbocycles. The maximum Gasteiger partial charge on any atom is 0.293 e. The van der Waals surface area contributed by atoms with Crippen LogP contribution in [0.15, 0.2) is 12.7 Å². The molecule has 0 spiro atoms. The third kappa shape index (κ3) is 7.45. The van der Waals surface area contributed by atoms with E-state index in [1.807, 2.05) is 0 Å². The highest BCUT2D eigenvalue weighted by molar-refractivity contribution is 5.37. The molecule has 0 rings (SSSR count). The topological polar surface area (TPSA) is 54.0 Å². The van der Waals surface area contributed by atoms with Crippen LogP contribution in [-0.4, -0.2) is 39.5 Å². The van der Waals surface area contributed by atoms with Crippen LogP contribution in [0.5, 0.6) is 0 Å². The van der Waals surface area contributed by atoms with E-state index in [2.05, 4.69) is 16.2 Å². The van der Waals surface area contributed by atoms with Crippen molar-refractivity contribution < 1.29 is 24.0 Å². The fourth-order valence-electron chi connectivity index (χ4n) is 0.611. The summed E-state index contributed by atoms with van der Waals surface area (Å²) in [6.07, 6.45) is 1.11. The smallest absolute Gasteiger partial charge is 0.293 e. The molecule has 0 saturated carbocycles. The van der Waals surface area contributed by atoms with E-state index in [1.165, 1.54) is 7.11 Å². The molecule has 0 aromatic carbocycles. The number of hydrogen-bond acceptors (Lipinski definition) is 5. The van der Waals surface area contributed by atoms with Gasteiger partial charge in [0.05, 0.1) is 6.61 Å².